The van der Waals surface area contributed by atoms with Crippen LogP contribution < -0.4 is 4.74 Å². The highest BCUT2D eigenvalue weighted by atomic mass is 16.6. The normalized spacial score (nSPS) is 26.1. The summed E-state index contributed by atoms with van der Waals surface area (Å²) in [5.41, 5.74) is 0.0143. The van der Waals surface area contributed by atoms with E-state index in [9.17, 15) is 4.79 Å². The maximum absolute atomic E-state index is 12.6. The average molecular weight is 343 g/mol. The Morgan fingerprint density at radius 3 is 3.12 bits per heavy atom. The molecule has 0 saturated carbocycles. The lowest BCUT2D eigenvalue weighted by atomic mass is 9.89. The van der Waals surface area contributed by atoms with Crippen LogP contribution in [0.1, 0.15) is 35.5 Å². The highest BCUT2D eigenvalue weighted by Gasteiger charge is 2.45. The van der Waals surface area contributed by atoms with Crippen molar-refractivity contribution in [2.24, 2.45) is 0 Å². The molecule has 0 radical (unpaired) electrons. The Morgan fingerprint density at radius 1 is 1.44 bits per heavy atom. The van der Waals surface area contributed by atoms with Crippen LogP contribution in [0.3, 0.4) is 0 Å². The Balaban J connectivity index is 1.41. The van der Waals surface area contributed by atoms with Crippen LogP contribution >= 0.6 is 0 Å². The second kappa shape index (κ2) is 6.48. The molecule has 2 aliphatic rings. The van der Waals surface area contributed by atoms with E-state index in [1.165, 1.54) is 0 Å². The molecule has 2 aliphatic heterocycles. The van der Waals surface area contributed by atoms with E-state index >= 15 is 0 Å². The topological polar surface area (TPSA) is 77.7 Å². The number of hydrogen-bond acceptors (Lipinski definition) is 6. The third-order valence-electron chi connectivity index (χ3n) is 4.77. The fraction of sp³-hybridized carbons (Fsp3) is 0.500. The molecule has 7 heteroatoms. The summed E-state index contributed by atoms with van der Waals surface area (Å²) in [7, 11) is 0. The predicted octanol–water partition coefficient (Wildman–Crippen LogP) is 2.22. The van der Waals surface area contributed by atoms with Crippen molar-refractivity contribution in [3.8, 4) is 5.88 Å². The van der Waals surface area contributed by atoms with Crippen LogP contribution in [0.2, 0.25) is 0 Å². The molecular weight excluding hydrogens is 322 g/mol. The van der Waals surface area contributed by atoms with Crippen LogP contribution in [0.5, 0.6) is 5.88 Å². The fourth-order valence-electron chi connectivity index (χ4n) is 3.65. The zero-order valence-corrected chi connectivity index (χ0v) is 14.2. The van der Waals surface area contributed by atoms with Gasteiger partial charge in [-0.2, -0.15) is 0 Å². The van der Waals surface area contributed by atoms with Crippen molar-refractivity contribution in [3.63, 3.8) is 0 Å². The number of carbonyl (C=O) groups excluding carboxylic acids is 1. The lowest BCUT2D eigenvalue weighted by molar-refractivity contribution is -0.0455. The quantitative estimate of drug-likeness (QED) is 0.850. The molecule has 2 saturated heterocycles. The van der Waals surface area contributed by atoms with Gasteiger partial charge >= 0.3 is 0 Å². The van der Waals surface area contributed by atoms with E-state index in [1.54, 1.807) is 19.2 Å². The maximum Gasteiger partial charge on any atom is 0.276 e. The molecule has 2 aromatic heterocycles. The zero-order valence-electron chi connectivity index (χ0n) is 14.2. The van der Waals surface area contributed by atoms with Gasteiger partial charge in [-0.25, -0.2) is 4.98 Å². The van der Waals surface area contributed by atoms with E-state index in [-0.39, 0.29) is 17.6 Å². The highest BCUT2D eigenvalue weighted by Crippen LogP contribution is 2.36. The first-order chi connectivity index (χ1) is 12.1. The molecule has 1 amide bonds. The molecule has 7 nitrogen and oxygen atoms in total. The minimum Gasteiger partial charge on any atom is -0.472 e. The summed E-state index contributed by atoms with van der Waals surface area (Å²) in [6.07, 6.45) is 4.25. The van der Waals surface area contributed by atoms with Crippen molar-refractivity contribution in [1.82, 2.24) is 15.0 Å². The number of pyridine rings is 1. The zero-order chi connectivity index (χ0) is 17.3. The van der Waals surface area contributed by atoms with Crippen molar-refractivity contribution >= 4 is 5.91 Å². The minimum absolute atomic E-state index is 0.0424. The van der Waals surface area contributed by atoms with Crippen LogP contribution in [0.25, 0.3) is 0 Å². The van der Waals surface area contributed by atoms with Crippen LogP contribution in [0.4, 0.5) is 0 Å². The monoisotopic (exact) mass is 343 g/mol. The number of amides is 1. The first-order valence-corrected chi connectivity index (χ1v) is 8.58. The molecule has 4 heterocycles. The van der Waals surface area contributed by atoms with Gasteiger partial charge in [-0.15, -0.1) is 0 Å². The highest BCUT2D eigenvalue weighted by molar-refractivity contribution is 5.92. The molecule has 2 atom stereocenters. The SMILES string of the molecule is Cc1cc(C(=O)N2CCC[C@]3(C[C@@H](Oc4ccccn4)CO3)C2)no1. The standard InChI is InChI=1S/C18H21N3O4/c1-13-9-15(20-25-13)17(22)21-8-4-6-18(12-21)10-14(11-23-18)24-16-5-2-3-7-19-16/h2-3,5,7,9,14H,4,6,8,10-12H2,1H3/t14-,18+/m1/s1. The number of hydrogen-bond donors (Lipinski definition) is 0. The molecule has 0 N–H and O–H groups in total. The van der Waals surface area contributed by atoms with E-state index in [0.29, 0.717) is 37.0 Å². The summed E-state index contributed by atoms with van der Waals surface area (Å²) in [4.78, 5) is 18.6. The molecule has 25 heavy (non-hydrogen) atoms. The van der Waals surface area contributed by atoms with Crippen molar-refractivity contribution in [2.75, 3.05) is 19.7 Å². The molecule has 4 rings (SSSR count). The number of aromatic nitrogens is 2. The number of ether oxygens (including phenoxy) is 2. The molecule has 0 aromatic carbocycles. The van der Waals surface area contributed by atoms with E-state index in [1.807, 2.05) is 23.1 Å². The summed E-state index contributed by atoms with van der Waals surface area (Å²) >= 11 is 0. The van der Waals surface area contributed by atoms with Gasteiger partial charge in [-0.05, 0) is 25.8 Å². The Kier molecular flexibility index (Phi) is 4.17. The molecule has 2 aromatic rings. The van der Waals surface area contributed by atoms with Crippen molar-refractivity contribution in [3.05, 3.63) is 41.9 Å². The first kappa shape index (κ1) is 16.1. The second-order valence-corrected chi connectivity index (χ2v) is 6.76. The molecular formula is C18H21N3O4. The van der Waals surface area contributed by atoms with Gasteiger partial charge in [0.15, 0.2) is 5.69 Å². The number of rotatable bonds is 3. The Morgan fingerprint density at radius 2 is 2.36 bits per heavy atom. The number of likely N-dealkylation sites (tertiary alicyclic amines) is 1. The van der Waals surface area contributed by atoms with Gasteiger partial charge < -0.3 is 18.9 Å². The van der Waals surface area contributed by atoms with Gasteiger partial charge in [0, 0.05) is 31.3 Å². The van der Waals surface area contributed by atoms with Crippen LogP contribution in [-0.4, -0.2) is 52.3 Å². The van der Waals surface area contributed by atoms with Crippen molar-refractivity contribution < 1.29 is 18.8 Å². The Bertz CT molecular complexity index is 748. The summed E-state index contributed by atoms with van der Waals surface area (Å²) in [6.45, 7) is 3.56. The fourth-order valence-corrected chi connectivity index (χ4v) is 3.65. The third-order valence-corrected chi connectivity index (χ3v) is 4.77. The van der Waals surface area contributed by atoms with Gasteiger partial charge in [0.2, 0.25) is 5.88 Å². The van der Waals surface area contributed by atoms with E-state index in [0.717, 1.165) is 19.3 Å². The molecule has 2 fully saturated rings. The van der Waals surface area contributed by atoms with Gasteiger partial charge in [0.1, 0.15) is 11.9 Å². The summed E-state index contributed by atoms with van der Waals surface area (Å²) in [5, 5.41) is 3.84. The minimum atomic E-state index is -0.341. The van der Waals surface area contributed by atoms with E-state index in [2.05, 4.69) is 10.1 Å². The molecule has 1 spiro atoms. The summed E-state index contributed by atoms with van der Waals surface area (Å²) in [5.74, 6) is 1.14. The van der Waals surface area contributed by atoms with Crippen LogP contribution in [0, 0.1) is 6.92 Å². The van der Waals surface area contributed by atoms with Gasteiger partial charge in [-0.1, -0.05) is 11.2 Å². The lowest BCUT2D eigenvalue weighted by Crippen LogP contribution is -2.50. The first-order valence-electron chi connectivity index (χ1n) is 8.58. The van der Waals surface area contributed by atoms with E-state index in [4.69, 9.17) is 14.0 Å². The Hall–Kier alpha value is -2.41. The third kappa shape index (κ3) is 3.37. The maximum atomic E-state index is 12.6. The summed E-state index contributed by atoms with van der Waals surface area (Å²) in [6, 6.07) is 7.27. The lowest BCUT2D eigenvalue weighted by Gasteiger charge is -2.39. The molecule has 0 bridgehead atoms. The largest absolute Gasteiger partial charge is 0.472 e. The Labute approximate surface area is 145 Å². The van der Waals surface area contributed by atoms with Gasteiger partial charge in [0.25, 0.3) is 5.91 Å². The average Bonchev–Trinajstić information content (AvgIpc) is 3.22. The number of piperidine rings is 1. The smallest absolute Gasteiger partial charge is 0.276 e. The number of carbonyl (C=O) groups is 1. The molecule has 0 unspecified atom stereocenters. The predicted molar refractivity (Wildman–Crippen MR) is 88.3 cm³/mol. The second-order valence-electron chi connectivity index (χ2n) is 6.76. The molecule has 132 valence electrons. The van der Waals surface area contributed by atoms with Crippen LogP contribution in [0.15, 0.2) is 35.0 Å². The number of aryl methyl sites for hydroxylation is 1. The van der Waals surface area contributed by atoms with Gasteiger partial charge in [0.05, 0.1) is 18.8 Å². The van der Waals surface area contributed by atoms with Crippen LogP contribution in [-0.2, 0) is 4.74 Å². The molecule has 0 aliphatic carbocycles. The van der Waals surface area contributed by atoms with Crippen molar-refractivity contribution in [1.29, 1.82) is 0 Å². The number of nitrogens with zero attached hydrogens (tertiary/aromatic N) is 3. The van der Waals surface area contributed by atoms with E-state index < -0.39 is 0 Å². The summed E-state index contributed by atoms with van der Waals surface area (Å²) < 4.78 is 17.0. The van der Waals surface area contributed by atoms with Gasteiger partial charge in [-0.3, -0.25) is 4.79 Å². The van der Waals surface area contributed by atoms with Crippen molar-refractivity contribution in [2.45, 2.75) is 37.9 Å².